The Bertz CT molecular complexity index is 391. The number of benzene rings is 1. The first-order valence-corrected chi connectivity index (χ1v) is 5.03. The summed E-state index contributed by atoms with van der Waals surface area (Å²) in [4.78, 5) is 22.2. The van der Waals surface area contributed by atoms with E-state index >= 15 is 0 Å². The summed E-state index contributed by atoms with van der Waals surface area (Å²) in [7, 11) is 0. The first-order valence-electron chi connectivity index (χ1n) is 5.03. The van der Waals surface area contributed by atoms with Crippen LogP contribution in [0.4, 0.5) is 0 Å². The van der Waals surface area contributed by atoms with E-state index in [1.165, 1.54) is 5.01 Å². The lowest BCUT2D eigenvalue weighted by atomic mass is 10.2. The highest BCUT2D eigenvalue weighted by atomic mass is 16.5. The van der Waals surface area contributed by atoms with Gasteiger partial charge in [-0.25, -0.2) is 0 Å². The highest BCUT2D eigenvalue weighted by Gasteiger charge is 2.25. The van der Waals surface area contributed by atoms with Crippen LogP contribution in [-0.4, -0.2) is 30.0 Å². The number of rotatable bonds is 4. The number of hydrogen-bond donors (Lipinski definition) is 1. The van der Waals surface area contributed by atoms with E-state index in [1.54, 1.807) is 12.1 Å². The van der Waals surface area contributed by atoms with Gasteiger partial charge in [0.05, 0.1) is 6.54 Å². The number of ether oxygens (including phenoxy) is 1. The standard InChI is InChI=1S/C11H12N2O3/c14-10(12-13-7-6-11(13)15)8-16-9-4-2-1-3-5-9/h1-5H,6-8H2,(H,12,14). The molecule has 2 amide bonds. The number of para-hydroxylation sites is 1. The minimum Gasteiger partial charge on any atom is -0.484 e. The van der Waals surface area contributed by atoms with Crippen LogP contribution in [0.5, 0.6) is 5.75 Å². The van der Waals surface area contributed by atoms with Gasteiger partial charge in [-0.2, -0.15) is 0 Å². The minimum atomic E-state index is -0.322. The van der Waals surface area contributed by atoms with Crippen LogP contribution < -0.4 is 10.2 Å². The first kappa shape index (κ1) is 10.5. The van der Waals surface area contributed by atoms with Crippen LogP contribution >= 0.6 is 0 Å². The SMILES string of the molecule is O=C(COc1ccccc1)NN1CCC1=O. The fourth-order valence-corrected chi connectivity index (χ4v) is 1.28. The van der Waals surface area contributed by atoms with Gasteiger partial charge in [-0.1, -0.05) is 18.2 Å². The lowest BCUT2D eigenvalue weighted by Crippen LogP contribution is -2.55. The first-order chi connectivity index (χ1) is 7.75. The summed E-state index contributed by atoms with van der Waals surface area (Å²) in [6.07, 6.45) is 0.500. The zero-order valence-electron chi connectivity index (χ0n) is 8.68. The van der Waals surface area contributed by atoms with Gasteiger partial charge < -0.3 is 4.74 Å². The van der Waals surface area contributed by atoms with Crippen molar-refractivity contribution in [1.29, 1.82) is 0 Å². The normalized spacial score (nSPS) is 14.2. The Morgan fingerprint density at radius 2 is 2.12 bits per heavy atom. The van der Waals surface area contributed by atoms with Gasteiger partial charge >= 0.3 is 0 Å². The maximum absolute atomic E-state index is 11.3. The van der Waals surface area contributed by atoms with Gasteiger partial charge in [0.25, 0.3) is 5.91 Å². The molecule has 0 spiro atoms. The molecule has 0 unspecified atom stereocenters. The van der Waals surface area contributed by atoms with Gasteiger partial charge in [-0.15, -0.1) is 0 Å². The molecule has 1 aliphatic rings. The van der Waals surface area contributed by atoms with E-state index in [4.69, 9.17) is 4.74 Å². The zero-order chi connectivity index (χ0) is 11.4. The fourth-order valence-electron chi connectivity index (χ4n) is 1.28. The summed E-state index contributed by atoms with van der Waals surface area (Å²) in [5.74, 6) is 0.248. The molecule has 84 valence electrons. The summed E-state index contributed by atoms with van der Waals surface area (Å²) >= 11 is 0. The smallest absolute Gasteiger partial charge is 0.276 e. The Labute approximate surface area is 93.0 Å². The number of β-lactam (4-membered cyclic amide) rings is 1. The summed E-state index contributed by atoms with van der Waals surface area (Å²) in [5.41, 5.74) is 2.46. The summed E-state index contributed by atoms with van der Waals surface area (Å²) in [6.45, 7) is 0.490. The topological polar surface area (TPSA) is 58.6 Å². The van der Waals surface area contributed by atoms with E-state index in [0.717, 1.165) is 0 Å². The predicted octanol–water partition coefficient (Wildman–Crippen LogP) is 0.329. The molecule has 5 heteroatoms. The Balaban J connectivity index is 1.74. The van der Waals surface area contributed by atoms with Crippen LogP contribution in [0, 0.1) is 0 Å². The molecule has 0 atom stereocenters. The molecule has 0 saturated carbocycles. The summed E-state index contributed by atoms with van der Waals surface area (Å²) in [5, 5.41) is 1.29. The molecule has 1 fully saturated rings. The summed E-state index contributed by atoms with van der Waals surface area (Å²) < 4.78 is 5.22. The van der Waals surface area contributed by atoms with Crippen molar-refractivity contribution in [2.75, 3.05) is 13.2 Å². The molecule has 1 heterocycles. The lowest BCUT2D eigenvalue weighted by Gasteiger charge is -2.30. The number of nitrogens with zero attached hydrogens (tertiary/aromatic N) is 1. The van der Waals surface area contributed by atoms with Crippen LogP contribution in [-0.2, 0) is 9.59 Å². The van der Waals surface area contributed by atoms with Crippen molar-refractivity contribution < 1.29 is 14.3 Å². The van der Waals surface area contributed by atoms with Gasteiger partial charge in [0, 0.05) is 6.42 Å². The third-order valence-electron chi connectivity index (χ3n) is 2.22. The predicted molar refractivity (Wildman–Crippen MR) is 56.4 cm³/mol. The van der Waals surface area contributed by atoms with E-state index < -0.39 is 0 Å². The van der Waals surface area contributed by atoms with Gasteiger partial charge in [-0.05, 0) is 12.1 Å². The maximum Gasteiger partial charge on any atom is 0.276 e. The number of carbonyl (C=O) groups excluding carboxylic acids is 2. The third-order valence-corrected chi connectivity index (χ3v) is 2.22. The molecule has 1 N–H and O–H groups in total. The molecule has 2 rings (SSSR count). The average molecular weight is 220 g/mol. The molecule has 1 saturated heterocycles. The number of amides is 2. The van der Waals surface area contributed by atoms with E-state index in [0.29, 0.717) is 18.7 Å². The second-order valence-electron chi connectivity index (χ2n) is 3.43. The summed E-state index contributed by atoms with van der Waals surface area (Å²) in [6, 6.07) is 9.05. The number of hydrogen-bond acceptors (Lipinski definition) is 3. The van der Waals surface area contributed by atoms with E-state index in [-0.39, 0.29) is 18.4 Å². The fraction of sp³-hybridized carbons (Fsp3) is 0.273. The second kappa shape index (κ2) is 4.65. The number of nitrogens with one attached hydrogen (secondary N) is 1. The minimum absolute atomic E-state index is 0.0620. The average Bonchev–Trinajstić information content (AvgIpc) is 2.33. The highest BCUT2D eigenvalue weighted by molar-refractivity contribution is 5.86. The quantitative estimate of drug-likeness (QED) is 0.744. The van der Waals surface area contributed by atoms with Gasteiger partial charge in [0.15, 0.2) is 6.61 Å². The van der Waals surface area contributed by atoms with Gasteiger partial charge in [0.1, 0.15) is 5.75 Å². The molecule has 1 aliphatic heterocycles. The molecule has 1 aromatic rings. The van der Waals surface area contributed by atoms with Crippen molar-refractivity contribution >= 4 is 11.8 Å². The van der Waals surface area contributed by atoms with Crippen molar-refractivity contribution in [3.8, 4) is 5.75 Å². The van der Waals surface area contributed by atoms with Crippen LogP contribution in [0.2, 0.25) is 0 Å². The molecule has 5 nitrogen and oxygen atoms in total. The maximum atomic E-state index is 11.3. The second-order valence-corrected chi connectivity index (χ2v) is 3.43. The Kier molecular flexibility index (Phi) is 3.05. The van der Waals surface area contributed by atoms with E-state index in [1.807, 2.05) is 18.2 Å². The van der Waals surface area contributed by atoms with Crippen LogP contribution in [0.1, 0.15) is 6.42 Å². The molecule has 0 aliphatic carbocycles. The van der Waals surface area contributed by atoms with Crippen molar-refractivity contribution in [1.82, 2.24) is 10.4 Å². The Morgan fingerprint density at radius 1 is 1.38 bits per heavy atom. The lowest BCUT2D eigenvalue weighted by molar-refractivity contribution is -0.150. The van der Waals surface area contributed by atoms with Crippen molar-refractivity contribution in [3.05, 3.63) is 30.3 Å². The molecule has 1 aromatic carbocycles. The highest BCUT2D eigenvalue weighted by Crippen LogP contribution is 2.08. The Hall–Kier alpha value is -2.04. The van der Waals surface area contributed by atoms with Crippen LogP contribution in [0.3, 0.4) is 0 Å². The molecule has 0 radical (unpaired) electrons. The van der Waals surface area contributed by atoms with E-state index in [2.05, 4.69) is 5.43 Å². The molecule has 16 heavy (non-hydrogen) atoms. The monoisotopic (exact) mass is 220 g/mol. The largest absolute Gasteiger partial charge is 0.484 e. The molecular formula is C11H12N2O3. The van der Waals surface area contributed by atoms with Gasteiger partial charge in [-0.3, -0.25) is 20.0 Å². The van der Waals surface area contributed by atoms with Crippen LogP contribution in [0.25, 0.3) is 0 Å². The number of carbonyl (C=O) groups is 2. The van der Waals surface area contributed by atoms with Crippen molar-refractivity contribution in [2.24, 2.45) is 0 Å². The third kappa shape index (κ3) is 2.50. The Morgan fingerprint density at radius 3 is 2.69 bits per heavy atom. The molecule has 0 aromatic heterocycles. The van der Waals surface area contributed by atoms with Crippen molar-refractivity contribution in [3.63, 3.8) is 0 Å². The molecular weight excluding hydrogens is 208 g/mol. The zero-order valence-corrected chi connectivity index (χ0v) is 8.68. The van der Waals surface area contributed by atoms with Gasteiger partial charge in [0.2, 0.25) is 5.91 Å². The van der Waals surface area contributed by atoms with E-state index in [9.17, 15) is 9.59 Å². The number of hydrazine groups is 1. The van der Waals surface area contributed by atoms with Crippen LogP contribution in [0.15, 0.2) is 30.3 Å². The van der Waals surface area contributed by atoms with Crippen molar-refractivity contribution in [2.45, 2.75) is 6.42 Å². The molecule has 0 bridgehead atoms.